The van der Waals surface area contributed by atoms with Gasteiger partial charge in [-0.3, -0.25) is 14.5 Å². The highest BCUT2D eigenvalue weighted by molar-refractivity contribution is 8.22. The SMILES string of the molecule is COC(=O)CCSC1=C(C(=O)O)N2C(=O)[C@](O)([C@@H](C)O)[C@H]2S1. The lowest BCUT2D eigenvalue weighted by atomic mass is 9.86. The second-order valence-electron chi connectivity index (χ2n) is 4.76. The van der Waals surface area contributed by atoms with Crippen LogP contribution in [0.25, 0.3) is 0 Å². The van der Waals surface area contributed by atoms with Crippen molar-refractivity contribution in [3.63, 3.8) is 0 Å². The molecular formula is C12H15NO7S2. The number of rotatable bonds is 6. The number of aliphatic hydroxyl groups excluding tert-OH is 1. The lowest BCUT2D eigenvalue weighted by Crippen LogP contribution is -2.75. The molecular weight excluding hydrogens is 334 g/mol. The highest BCUT2D eigenvalue weighted by Gasteiger charge is 2.68. The van der Waals surface area contributed by atoms with Crippen LogP contribution in [0, 0.1) is 0 Å². The number of ether oxygens (including phenoxy) is 1. The summed E-state index contributed by atoms with van der Waals surface area (Å²) in [6.45, 7) is 1.28. The Bertz CT molecular complexity index is 562. The first kappa shape index (κ1) is 17.1. The van der Waals surface area contributed by atoms with Crippen LogP contribution in [-0.4, -0.2) is 68.0 Å². The number of carboxylic acids is 1. The first-order valence-electron chi connectivity index (χ1n) is 6.33. The van der Waals surface area contributed by atoms with Crippen LogP contribution in [0.4, 0.5) is 0 Å². The van der Waals surface area contributed by atoms with Crippen molar-refractivity contribution in [1.82, 2.24) is 4.90 Å². The molecule has 3 N–H and O–H groups in total. The first-order chi connectivity index (χ1) is 10.2. The Labute approximate surface area is 134 Å². The third-order valence-electron chi connectivity index (χ3n) is 3.43. The number of carbonyl (C=O) groups is 3. The van der Waals surface area contributed by atoms with Gasteiger partial charge in [0.25, 0.3) is 5.91 Å². The predicted molar refractivity (Wildman–Crippen MR) is 78.6 cm³/mol. The van der Waals surface area contributed by atoms with E-state index in [1.807, 2.05) is 0 Å². The molecule has 0 aromatic heterocycles. The fraction of sp³-hybridized carbons (Fsp3) is 0.583. The quantitative estimate of drug-likeness (QED) is 0.432. The summed E-state index contributed by atoms with van der Waals surface area (Å²) in [5.74, 6) is -2.27. The average molecular weight is 349 g/mol. The maximum absolute atomic E-state index is 12.0. The summed E-state index contributed by atoms with van der Waals surface area (Å²) in [5, 5.41) is 28.2. The molecule has 2 aliphatic heterocycles. The van der Waals surface area contributed by atoms with Crippen LogP contribution in [0.15, 0.2) is 9.93 Å². The number of hydrogen-bond donors (Lipinski definition) is 3. The summed E-state index contributed by atoms with van der Waals surface area (Å²) in [4.78, 5) is 35.4. The molecule has 10 heteroatoms. The van der Waals surface area contributed by atoms with E-state index in [-0.39, 0.29) is 17.9 Å². The number of thioether (sulfide) groups is 2. The zero-order valence-electron chi connectivity index (χ0n) is 11.8. The van der Waals surface area contributed by atoms with Crippen molar-refractivity contribution in [2.45, 2.75) is 30.4 Å². The number of amides is 1. The van der Waals surface area contributed by atoms with Gasteiger partial charge in [0.1, 0.15) is 5.37 Å². The Balaban J connectivity index is 2.15. The second-order valence-corrected chi connectivity index (χ2v) is 7.22. The fourth-order valence-corrected chi connectivity index (χ4v) is 5.02. The molecule has 0 aliphatic carbocycles. The molecule has 1 fully saturated rings. The third kappa shape index (κ3) is 2.49. The lowest BCUT2D eigenvalue weighted by Gasteiger charge is -2.50. The molecule has 0 bridgehead atoms. The zero-order valence-corrected chi connectivity index (χ0v) is 13.4. The highest BCUT2D eigenvalue weighted by Crippen LogP contribution is 2.55. The number of nitrogens with zero attached hydrogens (tertiary/aromatic N) is 1. The average Bonchev–Trinajstić information content (AvgIpc) is 2.82. The number of esters is 1. The van der Waals surface area contributed by atoms with Gasteiger partial charge in [0.15, 0.2) is 11.3 Å². The van der Waals surface area contributed by atoms with E-state index in [1.54, 1.807) is 0 Å². The van der Waals surface area contributed by atoms with E-state index >= 15 is 0 Å². The smallest absolute Gasteiger partial charge is 0.354 e. The standard InChI is InChI=1S/C12H15NO7S2/c1-5(14)12(19)10(18)13-7(8(16)17)9(22-11(12)13)21-4-3-6(15)20-2/h5,11,14,19H,3-4H2,1-2H3,(H,16,17)/t5-,11-,12-/m1/s1. The van der Waals surface area contributed by atoms with Gasteiger partial charge in [0, 0.05) is 5.75 Å². The molecule has 0 aromatic carbocycles. The molecule has 22 heavy (non-hydrogen) atoms. The van der Waals surface area contributed by atoms with Crippen LogP contribution in [-0.2, 0) is 19.1 Å². The Hall–Kier alpha value is -1.23. The minimum absolute atomic E-state index is 0.0947. The largest absolute Gasteiger partial charge is 0.477 e. The molecule has 0 spiro atoms. The van der Waals surface area contributed by atoms with E-state index in [9.17, 15) is 29.7 Å². The maximum Gasteiger partial charge on any atom is 0.354 e. The van der Waals surface area contributed by atoms with Gasteiger partial charge in [-0.05, 0) is 6.92 Å². The molecule has 2 aliphatic rings. The topological polar surface area (TPSA) is 124 Å². The number of aliphatic carboxylic acids is 1. The van der Waals surface area contributed by atoms with E-state index in [2.05, 4.69) is 4.74 Å². The van der Waals surface area contributed by atoms with Crippen molar-refractivity contribution in [1.29, 1.82) is 0 Å². The maximum atomic E-state index is 12.0. The number of hydrogen-bond acceptors (Lipinski definition) is 8. The van der Waals surface area contributed by atoms with Gasteiger partial charge in [-0.1, -0.05) is 11.8 Å². The molecule has 0 aromatic rings. The van der Waals surface area contributed by atoms with Crippen molar-refractivity contribution >= 4 is 41.4 Å². The molecule has 0 saturated carbocycles. The molecule has 0 radical (unpaired) electrons. The molecule has 8 nitrogen and oxygen atoms in total. The summed E-state index contributed by atoms with van der Waals surface area (Å²) in [7, 11) is 1.26. The van der Waals surface area contributed by atoms with Crippen molar-refractivity contribution < 1.29 is 34.4 Å². The minimum Gasteiger partial charge on any atom is -0.477 e. The van der Waals surface area contributed by atoms with Gasteiger partial charge in [-0.2, -0.15) is 0 Å². The Kier molecular flexibility index (Phi) is 4.76. The van der Waals surface area contributed by atoms with Gasteiger partial charge in [-0.15, -0.1) is 11.8 Å². The zero-order chi connectivity index (χ0) is 16.7. The van der Waals surface area contributed by atoms with Crippen molar-refractivity contribution in [2.75, 3.05) is 12.9 Å². The third-order valence-corrected chi connectivity index (χ3v) is 6.14. The van der Waals surface area contributed by atoms with Gasteiger partial charge < -0.3 is 20.1 Å². The van der Waals surface area contributed by atoms with Crippen LogP contribution in [0.3, 0.4) is 0 Å². The van der Waals surface area contributed by atoms with Crippen molar-refractivity contribution in [3.8, 4) is 0 Å². The van der Waals surface area contributed by atoms with Crippen LogP contribution in [0.2, 0.25) is 0 Å². The number of carboxylic acid groups (broad SMARTS) is 1. The molecule has 2 rings (SSSR count). The predicted octanol–water partition coefficient (Wildman–Crippen LogP) is -0.437. The molecule has 1 amide bonds. The van der Waals surface area contributed by atoms with Crippen LogP contribution in [0.1, 0.15) is 13.3 Å². The summed E-state index contributed by atoms with van der Waals surface area (Å²) >= 11 is 2.10. The Morgan fingerprint density at radius 3 is 2.68 bits per heavy atom. The molecule has 3 atom stereocenters. The van der Waals surface area contributed by atoms with E-state index in [4.69, 9.17) is 0 Å². The van der Waals surface area contributed by atoms with Crippen LogP contribution in [0.5, 0.6) is 0 Å². The number of aliphatic hydroxyl groups is 2. The number of carbonyl (C=O) groups excluding carboxylic acids is 2. The molecule has 1 saturated heterocycles. The van der Waals surface area contributed by atoms with Crippen LogP contribution < -0.4 is 0 Å². The van der Waals surface area contributed by atoms with E-state index < -0.39 is 34.9 Å². The monoisotopic (exact) mass is 349 g/mol. The molecule has 122 valence electrons. The highest BCUT2D eigenvalue weighted by atomic mass is 32.2. The van der Waals surface area contributed by atoms with Gasteiger partial charge in [0.2, 0.25) is 0 Å². The fourth-order valence-electron chi connectivity index (χ4n) is 2.16. The van der Waals surface area contributed by atoms with E-state index in [0.717, 1.165) is 28.4 Å². The van der Waals surface area contributed by atoms with E-state index in [1.165, 1.54) is 14.0 Å². The van der Waals surface area contributed by atoms with Gasteiger partial charge in [-0.25, -0.2) is 4.79 Å². The summed E-state index contributed by atoms with van der Waals surface area (Å²) in [5.41, 5.74) is -2.21. The summed E-state index contributed by atoms with van der Waals surface area (Å²) < 4.78 is 4.82. The van der Waals surface area contributed by atoms with Crippen LogP contribution >= 0.6 is 23.5 Å². The normalized spacial score (nSPS) is 28.3. The Morgan fingerprint density at radius 2 is 2.18 bits per heavy atom. The molecule has 0 unspecified atom stereocenters. The summed E-state index contributed by atoms with van der Waals surface area (Å²) in [6, 6.07) is 0. The second kappa shape index (κ2) is 6.11. The minimum atomic E-state index is -1.99. The van der Waals surface area contributed by atoms with Gasteiger partial charge >= 0.3 is 11.9 Å². The van der Waals surface area contributed by atoms with Crippen molar-refractivity contribution in [2.24, 2.45) is 0 Å². The number of β-lactam (4-membered cyclic amide) rings is 1. The van der Waals surface area contributed by atoms with Crippen molar-refractivity contribution in [3.05, 3.63) is 9.93 Å². The first-order valence-corrected chi connectivity index (χ1v) is 8.19. The summed E-state index contributed by atoms with van der Waals surface area (Å²) in [6.07, 6.45) is -1.22. The van der Waals surface area contributed by atoms with E-state index in [0.29, 0.717) is 4.24 Å². The number of methoxy groups -OCH3 is 1. The lowest BCUT2D eigenvalue weighted by molar-refractivity contribution is -0.193. The molecule has 2 heterocycles. The Morgan fingerprint density at radius 1 is 1.55 bits per heavy atom. The van der Waals surface area contributed by atoms with Gasteiger partial charge in [0.05, 0.1) is 23.9 Å². The number of fused-ring (bicyclic) bond motifs is 1.